The third-order valence-electron chi connectivity index (χ3n) is 0. The first kappa shape index (κ1) is 15.7. The molecule has 0 rings (SSSR count). The molecule has 4 nitrogen and oxygen atoms in total. The van der Waals surface area contributed by atoms with Crippen molar-refractivity contribution in [3.63, 3.8) is 0 Å². The predicted molar refractivity (Wildman–Crippen MR) is 16.5 cm³/mol. The predicted octanol–water partition coefficient (Wildman–Crippen LogP) is -4.11. The fraction of sp³-hybridized carbons (Fsp3) is 0. The van der Waals surface area contributed by atoms with Crippen LogP contribution in [0.5, 0.6) is 0 Å². The SMILES string of the molecule is O=P[O-].O=S=O.[Na+]. The van der Waals surface area contributed by atoms with Crippen LogP contribution in [0.3, 0.4) is 0 Å². The summed E-state index contributed by atoms with van der Waals surface area (Å²) < 4.78 is 24.9. The Morgan fingerprint density at radius 1 is 1.43 bits per heavy atom. The van der Waals surface area contributed by atoms with Crippen molar-refractivity contribution in [2.45, 2.75) is 0 Å². The van der Waals surface area contributed by atoms with Gasteiger partial charge in [0, 0.05) is 0 Å². The van der Waals surface area contributed by atoms with Crippen LogP contribution in [0.15, 0.2) is 0 Å². The quantitative estimate of drug-likeness (QED) is 0.260. The Kier molecular flexibility index (Phi) is 64.2. The first-order valence-corrected chi connectivity index (χ1v) is 2.10. The minimum absolute atomic E-state index is 0. The van der Waals surface area contributed by atoms with Crippen molar-refractivity contribution in [2.75, 3.05) is 0 Å². The molecule has 0 amide bonds. The van der Waals surface area contributed by atoms with E-state index in [1.54, 1.807) is 0 Å². The smallest absolute Gasteiger partial charge is 0.772 e. The maximum atomic E-state index is 8.35. The van der Waals surface area contributed by atoms with E-state index < -0.39 is 20.3 Å². The van der Waals surface area contributed by atoms with Gasteiger partial charge in [0.15, 0.2) is 0 Å². The van der Waals surface area contributed by atoms with Gasteiger partial charge in [-0.05, 0) is 0 Å². The van der Waals surface area contributed by atoms with Crippen LogP contribution in [0.25, 0.3) is 0 Å². The Bertz CT molecular complexity index is 56.7. The van der Waals surface area contributed by atoms with Crippen LogP contribution in [0.2, 0.25) is 0 Å². The van der Waals surface area contributed by atoms with Crippen molar-refractivity contribution in [2.24, 2.45) is 0 Å². The third kappa shape index (κ3) is 212. The number of rotatable bonds is 0. The van der Waals surface area contributed by atoms with Crippen LogP contribution in [0.4, 0.5) is 0 Å². The fourth-order valence-corrected chi connectivity index (χ4v) is 0. The zero-order valence-electron chi connectivity index (χ0n) is 3.49. The number of hydrogen-bond acceptors (Lipinski definition) is 4. The van der Waals surface area contributed by atoms with Gasteiger partial charge in [0.1, 0.15) is 0 Å². The van der Waals surface area contributed by atoms with Crippen molar-refractivity contribution < 1.29 is 47.4 Å². The Morgan fingerprint density at radius 2 is 1.43 bits per heavy atom. The van der Waals surface area contributed by atoms with E-state index in [2.05, 4.69) is 0 Å². The van der Waals surface area contributed by atoms with Crippen molar-refractivity contribution in [3.05, 3.63) is 0 Å². The largest absolute Gasteiger partial charge is 1.00 e. The first-order valence-electron chi connectivity index (χ1n) is 0.698. The van der Waals surface area contributed by atoms with Crippen molar-refractivity contribution in [1.82, 2.24) is 0 Å². The van der Waals surface area contributed by atoms with Crippen molar-refractivity contribution >= 4 is 20.3 Å². The molecule has 0 aliphatic carbocycles. The summed E-state index contributed by atoms with van der Waals surface area (Å²) in [5.74, 6) is 0. The molecule has 0 atom stereocenters. The molecule has 0 spiro atoms. The Labute approximate surface area is 67.5 Å². The topological polar surface area (TPSA) is 74.3 Å². The molecule has 0 aromatic rings. The molecule has 0 saturated carbocycles. The van der Waals surface area contributed by atoms with Gasteiger partial charge in [-0.25, -0.2) is 0 Å². The minimum Gasteiger partial charge on any atom is -0.772 e. The molecule has 36 valence electrons. The van der Waals surface area contributed by atoms with Crippen LogP contribution in [-0.2, 0) is 16.1 Å². The van der Waals surface area contributed by atoms with Crippen molar-refractivity contribution in [3.8, 4) is 0 Å². The standard InChI is InChI=1S/Na.HO2P.O2S/c;2*1-3-2/h;(H,1,2);/q+1;;/p-1. The van der Waals surface area contributed by atoms with Crippen LogP contribution < -0.4 is 34.5 Å². The molecule has 0 aliphatic rings. The van der Waals surface area contributed by atoms with E-state index in [9.17, 15) is 0 Å². The summed E-state index contributed by atoms with van der Waals surface area (Å²) in [7, 11) is -1.08. The van der Waals surface area contributed by atoms with Crippen LogP contribution >= 0.6 is 8.69 Å². The summed E-state index contributed by atoms with van der Waals surface area (Å²) in [6.45, 7) is 0. The van der Waals surface area contributed by atoms with Crippen LogP contribution in [0.1, 0.15) is 0 Å². The monoisotopic (exact) mass is 150 g/mol. The molecule has 0 saturated heterocycles. The van der Waals surface area contributed by atoms with Gasteiger partial charge in [-0.15, -0.1) is 0 Å². The Morgan fingerprint density at radius 3 is 1.43 bits per heavy atom. The second-order valence-electron chi connectivity index (χ2n) is 0.143. The average molecular weight is 150 g/mol. The molecule has 0 unspecified atom stereocenters. The zero-order valence-corrected chi connectivity index (χ0v) is 7.20. The third-order valence-corrected chi connectivity index (χ3v) is 0. The van der Waals surface area contributed by atoms with Crippen molar-refractivity contribution in [1.29, 1.82) is 0 Å². The van der Waals surface area contributed by atoms with Crippen LogP contribution in [0, 0.1) is 0 Å². The fourth-order valence-electron chi connectivity index (χ4n) is 0. The van der Waals surface area contributed by atoms with E-state index in [0.29, 0.717) is 0 Å². The summed E-state index contributed by atoms with van der Waals surface area (Å²) in [6.07, 6.45) is 0. The molecule has 0 radical (unpaired) electrons. The molecule has 7 heavy (non-hydrogen) atoms. The second kappa shape index (κ2) is 28.7. The summed E-state index contributed by atoms with van der Waals surface area (Å²) in [5, 5.41) is 0. The van der Waals surface area contributed by atoms with Gasteiger partial charge in [-0.2, -0.15) is 8.42 Å². The van der Waals surface area contributed by atoms with E-state index in [1.165, 1.54) is 0 Å². The number of hydrogen-bond donors (Lipinski definition) is 0. The van der Waals surface area contributed by atoms with Gasteiger partial charge in [-0.1, -0.05) is 0 Å². The van der Waals surface area contributed by atoms with Gasteiger partial charge >= 0.3 is 41.1 Å². The summed E-state index contributed by atoms with van der Waals surface area (Å²) in [4.78, 5) is 8.35. The van der Waals surface area contributed by atoms with E-state index in [4.69, 9.17) is 17.9 Å². The minimum atomic E-state index is -1.08. The molecule has 0 bridgehead atoms. The Hall–Kier alpha value is 0.880. The maximum Gasteiger partial charge on any atom is 1.00 e. The zero-order chi connectivity index (χ0) is 5.41. The summed E-state index contributed by atoms with van der Waals surface area (Å²) in [5.41, 5.74) is 0. The van der Waals surface area contributed by atoms with Gasteiger partial charge < -0.3 is 4.89 Å². The molecule has 0 N–H and O–H groups in total. The average Bonchev–Trinajstić information content (AvgIpc) is 1.39. The van der Waals surface area contributed by atoms with E-state index in [-0.39, 0.29) is 29.6 Å². The van der Waals surface area contributed by atoms with Gasteiger partial charge in [0.2, 0.25) is 0 Å². The summed E-state index contributed by atoms with van der Waals surface area (Å²) >= 11 is -0.750. The molecule has 0 aliphatic heterocycles. The molecule has 7 heteroatoms. The normalized spacial score (nSPS) is 4.71. The maximum absolute atomic E-state index is 8.35. The molecule has 0 aromatic carbocycles. The molecular formula is NaO4PS. The molecular weight excluding hydrogens is 150 g/mol. The van der Waals surface area contributed by atoms with E-state index in [1.807, 2.05) is 0 Å². The molecule has 0 fully saturated rings. The molecule has 0 aromatic heterocycles. The van der Waals surface area contributed by atoms with Crippen LogP contribution in [-0.4, -0.2) is 8.42 Å². The first-order chi connectivity index (χ1) is 2.83. The van der Waals surface area contributed by atoms with Gasteiger partial charge in [0.05, 0.1) is 8.69 Å². The van der Waals surface area contributed by atoms with E-state index >= 15 is 0 Å². The van der Waals surface area contributed by atoms with Gasteiger partial charge in [0.25, 0.3) is 0 Å². The molecule has 0 heterocycles. The van der Waals surface area contributed by atoms with E-state index in [0.717, 1.165) is 0 Å². The second-order valence-corrected chi connectivity index (χ2v) is 0.428. The van der Waals surface area contributed by atoms with Gasteiger partial charge in [-0.3, -0.25) is 4.57 Å². The summed E-state index contributed by atoms with van der Waals surface area (Å²) in [6, 6.07) is 0. The Balaban J connectivity index is -0.0000000400.